The molecule has 0 amide bonds. The van der Waals surface area contributed by atoms with E-state index < -0.39 is 0 Å². The first-order valence-electron chi connectivity index (χ1n) is 6.26. The second-order valence-corrected chi connectivity index (χ2v) is 5.29. The Kier molecular flexibility index (Phi) is 4.43. The van der Waals surface area contributed by atoms with Crippen molar-refractivity contribution in [2.24, 2.45) is 5.92 Å². The lowest BCUT2D eigenvalue weighted by Crippen LogP contribution is -2.35. The second kappa shape index (κ2) is 5.85. The third-order valence-electron chi connectivity index (χ3n) is 3.53. The Morgan fingerprint density at radius 2 is 2.24 bits per heavy atom. The summed E-state index contributed by atoms with van der Waals surface area (Å²) in [6, 6.07) is 8.85. The fraction of sp³-hybridized carbons (Fsp3) is 0.571. The topological polar surface area (TPSA) is 21.3 Å². The van der Waals surface area contributed by atoms with Gasteiger partial charge in [-0.25, -0.2) is 0 Å². The second-order valence-electron chi connectivity index (χ2n) is 4.86. The molecule has 94 valence electrons. The van der Waals surface area contributed by atoms with Crippen LogP contribution in [0.2, 0.25) is 5.02 Å². The minimum atomic E-state index is 0.323. The van der Waals surface area contributed by atoms with E-state index >= 15 is 0 Å². The quantitative estimate of drug-likeness (QED) is 0.888. The van der Waals surface area contributed by atoms with Crippen molar-refractivity contribution in [3.8, 4) is 0 Å². The summed E-state index contributed by atoms with van der Waals surface area (Å²) >= 11 is 6.00. The monoisotopic (exact) mass is 253 g/mol. The van der Waals surface area contributed by atoms with Gasteiger partial charge in [0.15, 0.2) is 0 Å². The molecule has 1 N–H and O–H groups in total. The molecule has 0 spiro atoms. The Morgan fingerprint density at radius 3 is 2.88 bits per heavy atom. The van der Waals surface area contributed by atoms with E-state index in [0.717, 1.165) is 24.7 Å². The lowest BCUT2D eigenvalue weighted by atomic mass is 9.98. The van der Waals surface area contributed by atoms with Crippen molar-refractivity contribution < 1.29 is 4.74 Å². The lowest BCUT2D eigenvalue weighted by molar-refractivity contribution is 0.177. The standard InChI is InChI=1S/C14H20ClNO/c1-10(12-4-3-5-14(15)8-12)16-11(2)13-6-7-17-9-13/h3-5,8,10-11,13,16H,6-7,9H2,1-2H3. The molecule has 1 aliphatic heterocycles. The van der Waals surface area contributed by atoms with Crippen LogP contribution in [0.1, 0.15) is 31.9 Å². The van der Waals surface area contributed by atoms with Gasteiger partial charge in [-0.2, -0.15) is 0 Å². The molecule has 1 aromatic carbocycles. The summed E-state index contributed by atoms with van der Waals surface area (Å²) in [6.45, 7) is 6.21. The molecule has 3 unspecified atom stereocenters. The van der Waals surface area contributed by atoms with Crippen molar-refractivity contribution in [1.29, 1.82) is 0 Å². The van der Waals surface area contributed by atoms with Crippen molar-refractivity contribution in [2.75, 3.05) is 13.2 Å². The normalized spacial score (nSPS) is 23.6. The van der Waals surface area contributed by atoms with Gasteiger partial charge in [-0.05, 0) is 43.9 Å². The Hall–Kier alpha value is -0.570. The van der Waals surface area contributed by atoms with Crippen LogP contribution in [-0.2, 0) is 4.74 Å². The predicted molar refractivity (Wildman–Crippen MR) is 71.4 cm³/mol. The Labute approximate surface area is 108 Å². The molecule has 1 fully saturated rings. The van der Waals surface area contributed by atoms with Gasteiger partial charge in [0.1, 0.15) is 0 Å². The van der Waals surface area contributed by atoms with E-state index in [1.54, 1.807) is 0 Å². The van der Waals surface area contributed by atoms with Crippen LogP contribution in [0.4, 0.5) is 0 Å². The molecule has 3 atom stereocenters. The first kappa shape index (κ1) is 12.9. The minimum absolute atomic E-state index is 0.323. The van der Waals surface area contributed by atoms with Crippen LogP contribution in [0, 0.1) is 5.92 Å². The van der Waals surface area contributed by atoms with E-state index in [1.807, 2.05) is 18.2 Å². The number of benzene rings is 1. The smallest absolute Gasteiger partial charge is 0.0509 e. The van der Waals surface area contributed by atoms with Crippen LogP contribution in [0.15, 0.2) is 24.3 Å². The molecule has 0 aliphatic carbocycles. The third-order valence-corrected chi connectivity index (χ3v) is 3.77. The molecule has 1 heterocycles. The molecule has 0 saturated carbocycles. The van der Waals surface area contributed by atoms with Crippen LogP contribution in [0.3, 0.4) is 0 Å². The SMILES string of the molecule is CC(NC(C)C1CCOC1)c1cccc(Cl)c1. The summed E-state index contributed by atoms with van der Waals surface area (Å²) in [6.07, 6.45) is 1.16. The van der Waals surface area contributed by atoms with E-state index in [0.29, 0.717) is 18.0 Å². The van der Waals surface area contributed by atoms with Gasteiger partial charge in [-0.3, -0.25) is 0 Å². The summed E-state index contributed by atoms with van der Waals surface area (Å²) in [5.41, 5.74) is 1.24. The fourth-order valence-electron chi connectivity index (χ4n) is 2.35. The van der Waals surface area contributed by atoms with E-state index in [9.17, 15) is 0 Å². The predicted octanol–water partition coefficient (Wildman–Crippen LogP) is 3.42. The minimum Gasteiger partial charge on any atom is -0.381 e. The molecule has 2 nitrogen and oxygen atoms in total. The van der Waals surface area contributed by atoms with Gasteiger partial charge >= 0.3 is 0 Å². The van der Waals surface area contributed by atoms with Crippen molar-refractivity contribution in [3.63, 3.8) is 0 Å². The summed E-state index contributed by atoms with van der Waals surface area (Å²) in [5, 5.41) is 4.43. The molecular formula is C14H20ClNO. The first-order valence-corrected chi connectivity index (χ1v) is 6.64. The Balaban J connectivity index is 1.93. The molecule has 2 rings (SSSR count). The average Bonchev–Trinajstić information content (AvgIpc) is 2.82. The van der Waals surface area contributed by atoms with Crippen molar-refractivity contribution in [2.45, 2.75) is 32.4 Å². The molecule has 1 saturated heterocycles. The van der Waals surface area contributed by atoms with Crippen molar-refractivity contribution in [1.82, 2.24) is 5.32 Å². The summed E-state index contributed by atoms with van der Waals surface area (Å²) in [5.74, 6) is 0.636. The van der Waals surface area contributed by atoms with Gasteiger partial charge in [0.2, 0.25) is 0 Å². The average molecular weight is 254 g/mol. The molecule has 3 heteroatoms. The maximum Gasteiger partial charge on any atom is 0.0509 e. The zero-order chi connectivity index (χ0) is 12.3. The molecule has 17 heavy (non-hydrogen) atoms. The van der Waals surface area contributed by atoms with Gasteiger partial charge < -0.3 is 10.1 Å². The maximum atomic E-state index is 6.00. The molecule has 0 aromatic heterocycles. The van der Waals surface area contributed by atoms with E-state index in [1.165, 1.54) is 5.56 Å². The Bertz CT molecular complexity index is 363. The van der Waals surface area contributed by atoms with Gasteiger partial charge in [0, 0.05) is 23.7 Å². The number of ether oxygens (including phenoxy) is 1. The van der Waals surface area contributed by atoms with Crippen LogP contribution in [0.5, 0.6) is 0 Å². The van der Waals surface area contributed by atoms with E-state index in [4.69, 9.17) is 16.3 Å². The summed E-state index contributed by atoms with van der Waals surface area (Å²) in [7, 11) is 0. The largest absolute Gasteiger partial charge is 0.381 e. The van der Waals surface area contributed by atoms with E-state index in [2.05, 4.69) is 25.2 Å². The third kappa shape index (κ3) is 3.44. The maximum absolute atomic E-state index is 6.00. The van der Waals surface area contributed by atoms with Gasteiger partial charge in [-0.15, -0.1) is 0 Å². The van der Waals surface area contributed by atoms with Crippen LogP contribution >= 0.6 is 11.6 Å². The zero-order valence-electron chi connectivity index (χ0n) is 10.4. The first-order chi connectivity index (χ1) is 8.16. The van der Waals surface area contributed by atoms with Crippen molar-refractivity contribution >= 4 is 11.6 Å². The van der Waals surface area contributed by atoms with Crippen LogP contribution in [0.25, 0.3) is 0 Å². The Morgan fingerprint density at radius 1 is 1.41 bits per heavy atom. The number of halogens is 1. The summed E-state index contributed by atoms with van der Waals surface area (Å²) < 4.78 is 5.42. The van der Waals surface area contributed by atoms with Gasteiger partial charge in [0.05, 0.1) is 6.61 Å². The molecular weight excluding hydrogens is 234 g/mol. The van der Waals surface area contributed by atoms with Crippen LogP contribution < -0.4 is 5.32 Å². The lowest BCUT2D eigenvalue weighted by Gasteiger charge is -2.24. The zero-order valence-corrected chi connectivity index (χ0v) is 11.2. The van der Waals surface area contributed by atoms with Crippen molar-refractivity contribution in [3.05, 3.63) is 34.9 Å². The van der Waals surface area contributed by atoms with Crippen LogP contribution in [-0.4, -0.2) is 19.3 Å². The number of rotatable bonds is 4. The molecule has 1 aromatic rings. The van der Waals surface area contributed by atoms with Gasteiger partial charge in [0.25, 0.3) is 0 Å². The highest BCUT2D eigenvalue weighted by atomic mass is 35.5. The number of hydrogen-bond donors (Lipinski definition) is 1. The number of nitrogens with one attached hydrogen (secondary N) is 1. The fourth-order valence-corrected chi connectivity index (χ4v) is 2.55. The molecule has 1 aliphatic rings. The highest BCUT2D eigenvalue weighted by molar-refractivity contribution is 6.30. The highest BCUT2D eigenvalue weighted by Crippen LogP contribution is 2.21. The highest BCUT2D eigenvalue weighted by Gasteiger charge is 2.23. The van der Waals surface area contributed by atoms with E-state index in [-0.39, 0.29) is 0 Å². The van der Waals surface area contributed by atoms with Gasteiger partial charge in [-0.1, -0.05) is 23.7 Å². The molecule has 0 bridgehead atoms. The number of hydrogen-bond acceptors (Lipinski definition) is 2. The summed E-state index contributed by atoms with van der Waals surface area (Å²) in [4.78, 5) is 0. The molecule has 0 radical (unpaired) electrons.